The van der Waals surface area contributed by atoms with Gasteiger partial charge in [-0.1, -0.05) is 183 Å². The number of ether oxygens (including phenoxy) is 3. The zero-order valence-electron chi connectivity index (χ0n) is 39.8. The van der Waals surface area contributed by atoms with Crippen LogP contribution in [0.25, 0.3) is 0 Å². The van der Waals surface area contributed by atoms with E-state index in [9.17, 15) is 19.5 Å². The Balaban J connectivity index is 4.34. The molecule has 350 valence electrons. The van der Waals surface area contributed by atoms with Gasteiger partial charge in [-0.15, -0.1) is 0 Å². The molecule has 0 aromatic carbocycles. The quantitative estimate of drug-likeness (QED) is 0.0282. The fourth-order valence-electron chi connectivity index (χ4n) is 6.86. The SMILES string of the molecule is CC/C=C/C/C=C/C/C=C/C/C=C/C/C=C/C/C=C/CCCCCC(=O)OCC(COCCC(C(=O)O)[N+](C)(C)C)OC(=O)CCCCCCCCCCCCCCCCC. The van der Waals surface area contributed by atoms with Crippen molar-refractivity contribution in [2.75, 3.05) is 41.0 Å². The lowest BCUT2D eigenvalue weighted by Gasteiger charge is -2.31. The lowest BCUT2D eigenvalue weighted by Crippen LogP contribution is -2.50. The first kappa shape index (κ1) is 57.8. The molecule has 2 unspecified atom stereocenters. The van der Waals surface area contributed by atoms with E-state index in [4.69, 9.17) is 14.2 Å². The predicted octanol–water partition coefficient (Wildman–Crippen LogP) is 13.9. The Morgan fingerprint density at radius 3 is 1.36 bits per heavy atom. The minimum absolute atomic E-state index is 0.0489. The topological polar surface area (TPSA) is 99.1 Å². The second-order valence-electron chi connectivity index (χ2n) is 17.3. The molecule has 0 amide bonds. The summed E-state index contributed by atoms with van der Waals surface area (Å²) in [5.74, 6) is -1.51. The van der Waals surface area contributed by atoms with Crippen molar-refractivity contribution in [2.24, 2.45) is 0 Å². The molecule has 0 heterocycles. The van der Waals surface area contributed by atoms with Crippen LogP contribution in [0.15, 0.2) is 72.9 Å². The lowest BCUT2D eigenvalue weighted by molar-refractivity contribution is -0.887. The summed E-state index contributed by atoms with van der Waals surface area (Å²) < 4.78 is 17.3. The number of hydrogen-bond acceptors (Lipinski definition) is 6. The molecule has 0 aliphatic rings. The van der Waals surface area contributed by atoms with Gasteiger partial charge in [0.15, 0.2) is 12.1 Å². The van der Waals surface area contributed by atoms with Crippen LogP contribution >= 0.6 is 0 Å². The Morgan fingerprint density at radius 1 is 0.508 bits per heavy atom. The number of carboxylic acids is 1. The molecule has 2 atom stereocenters. The molecule has 0 aromatic rings. The fraction of sp³-hybridized carbons (Fsp3) is 0.717. The first-order chi connectivity index (χ1) is 29.6. The third-order valence-electron chi connectivity index (χ3n) is 10.6. The smallest absolute Gasteiger partial charge is 0.362 e. The van der Waals surface area contributed by atoms with Crippen LogP contribution in [0.2, 0.25) is 0 Å². The van der Waals surface area contributed by atoms with E-state index in [1.165, 1.54) is 77.0 Å². The summed E-state index contributed by atoms with van der Waals surface area (Å²) in [5.41, 5.74) is 0. The van der Waals surface area contributed by atoms with Gasteiger partial charge < -0.3 is 23.8 Å². The number of carbonyl (C=O) groups is 3. The Morgan fingerprint density at radius 2 is 0.918 bits per heavy atom. The van der Waals surface area contributed by atoms with Crippen molar-refractivity contribution in [3.8, 4) is 0 Å². The predicted molar refractivity (Wildman–Crippen MR) is 257 cm³/mol. The average molecular weight is 855 g/mol. The number of esters is 2. The molecule has 0 spiro atoms. The summed E-state index contributed by atoms with van der Waals surface area (Å²) in [6.45, 7) is 4.59. The zero-order chi connectivity index (χ0) is 44.9. The maximum atomic E-state index is 12.8. The number of carboxylic acid groups (broad SMARTS) is 1. The molecule has 0 aliphatic carbocycles. The number of likely N-dealkylation sites (N-methyl/N-ethyl adjacent to an activating group) is 1. The first-order valence-electron chi connectivity index (χ1n) is 24.5. The maximum absolute atomic E-state index is 12.8. The molecule has 8 heteroatoms. The highest BCUT2D eigenvalue weighted by molar-refractivity contribution is 5.72. The number of nitrogens with zero attached hydrogens (tertiary/aromatic N) is 1. The van der Waals surface area contributed by atoms with Gasteiger partial charge in [-0.3, -0.25) is 9.59 Å². The van der Waals surface area contributed by atoms with Crippen LogP contribution in [-0.2, 0) is 28.6 Å². The van der Waals surface area contributed by atoms with Crippen molar-refractivity contribution in [1.29, 1.82) is 0 Å². The van der Waals surface area contributed by atoms with E-state index >= 15 is 0 Å². The molecule has 8 nitrogen and oxygen atoms in total. The Bertz CT molecular complexity index is 1230. The van der Waals surface area contributed by atoms with Crippen LogP contribution in [0.1, 0.15) is 194 Å². The second-order valence-corrected chi connectivity index (χ2v) is 17.3. The molecule has 0 saturated heterocycles. The number of carbonyl (C=O) groups excluding carboxylic acids is 2. The van der Waals surface area contributed by atoms with Gasteiger partial charge in [-0.05, 0) is 64.2 Å². The minimum atomic E-state index is -0.881. The van der Waals surface area contributed by atoms with E-state index in [0.717, 1.165) is 83.5 Å². The number of aliphatic carboxylic acids is 1. The van der Waals surface area contributed by atoms with Gasteiger partial charge in [0.2, 0.25) is 0 Å². The molecule has 0 saturated carbocycles. The molecule has 0 rings (SSSR count). The van der Waals surface area contributed by atoms with Crippen LogP contribution in [0.3, 0.4) is 0 Å². The first-order valence-corrected chi connectivity index (χ1v) is 24.5. The number of allylic oxidation sites excluding steroid dienone is 12. The number of rotatable bonds is 43. The van der Waals surface area contributed by atoms with Crippen molar-refractivity contribution in [3.05, 3.63) is 72.9 Å². The lowest BCUT2D eigenvalue weighted by atomic mass is 10.0. The average Bonchev–Trinajstić information content (AvgIpc) is 3.22. The van der Waals surface area contributed by atoms with Crippen molar-refractivity contribution in [3.63, 3.8) is 0 Å². The van der Waals surface area contributed by atoms with Gasteiger partial charge in [0.1, 0.15) is 6.61 Å². The van der Waals surface area contributed by atoms with Crippen LogP contribution < -0.4 is 0 Å². The third-order valence-corrected chi connectivity index (χ3v) is 10.6. The van der Waals surface area contributed by atoms with Crippen molar-refractivity contribution >= 4 is 17.9 Å². The van der Waals surface area contributed by atoms with E-state index in [-0.39, 0.29) is 36.2 Å². The Kier molecular flexibility index (Phi) is 41.1. The monoisotopic (exact) mass is 855 g/mol. The van der Waals surface area contributed by atoms with Crippen LogP contribution in [0.4, 0.5) is 0 Å². The highest BCUT2D eigenvalue weighted by atomic mass is 16.6. The third kappa shape index (κ3) is 41.9. The van der Waals surface area contributed by atoms with Crippen LogP contribution in [0, 0.1) is 0 Å². The molecular formula is C53H92NO7+. The molecule has 1 N–H and O–H groups in total. The van der Waals surface area contributed by atoms with E-state index in [1.807, 2.05) is 21.1 Å². The number of unbranched alkanes of at least 4 members (excludes halogenated alkanes) is 17. The van der Waals surface area contributed by atoms with Gasteiger partial charge in [-0.2, -0.15) is 0 Å². The van der Waals surface area contributed by atoms with Gasteiger partial charge in [0.05, 0.1) is 34.4 Å². The summed E-state index contributed by atoms with van der Waals surface area (Å²) in [6.07, 6.45) is 55.2. The summed E-state index contributed by atoms with van der Waals surface area (Å²) in [5, 5.41) is 9.64. The molecule has 0 bridgehead atoms. The van der Waals surface area contributed by atoms with E-state index in [0.29, 0.717) is 19.3 Å². The number of hydrogen-bond donors (Lipinski definition) is 1. The second kappa shape index (κ2) is 43.4. The van der Waals surface area contributed by atoms with Gasteiger partial charge >= 0.3 is 17.9 Å². The normalized spacial score (nSPS) is 13.5. The molecule has 0 fully saturated rings. The fourth-order valence-corrected chi connectivity index (χ4v) is 6.86. The van der Waals surface area contributed by atoms with Crippen LogP contribution in [-0.4, -0.2) is 80.6 Å². The molecule has 0 aliphatic heterocycles. The maximum Gasteiger partial charge on any atom is 0.362 e. The van der Waals surface area contributed by atoms with E-state index < -0.39 is 18.1 Å². The van der Waals surface area contributed by atoms with E-state index in [2.05, 4.69) is 86.8 Å². The molecule has 61 heavy (non-hydrogen) atoms. The van der Waals surface area contributed by atoms with Crippen LogP contribution in [0.5, 0.6) is 0 Å². The number of quaternary nitrogens is 1. The summed E-state index contributed by atoms with van der Waals surface area (Å²) >= 11 is 0. The minimum Gasteiger partial charge on any atom is -0.477 e. The standard InChI is InChI=1S/C53H91NO7/c1-6-8-10-12-14-16-18-20-22-23-24-25-26-27-28-30-31-33-35-37-39-41-43-51(55)60-48-49(47-59-46-45-50(53(57)58)54(3,4)5)61-52(56)44-42-40-38-36-34-32-29-21-19-17-15-13-11-9-7-2/h8,10,14,16,20,22,24-25,27-28,31,33,49-50H,6-7,9,11-13,15,17-19,21,23,26,29-30,32,34-48H2,1-5H3/p+1/b10-8+,16-14+,22-20+,25-24+,28-27+,33-31+. The molecular weight excluding hydrogens is 763 g/mol. The molecule has 0 aromatic heterocycles. The highest BCUT2D eigenvalue weighted by Gasteiger charge is 2.31. The summed E-state index contributed by atoms with van der Waals surface area (Å²) in [4.78, 5) is 37.1. The zero-order valence-corrected chi connectivity index (χ0v) is 39.8. The van der Waals surface area contributed by atoms with Crippen molar-refractivity contribution in [1.82, 2.24) is 0 Å². The van der Waals surface area contributed by atoms with E-state index in [1.54, 1.807) is 0 Å². The van der Waals surface area contributed by atoms with Gasteiger partial charge in [0.25, 0.3) is 0 Å². The van der Waals surface area contributed by atoms with Crippen molar-refractivity contribution in [2.45, 2.75) is 206 Å². The largest absolute Gasteiger partial charge is 0.477 e. The summed E-state index contributed by atoms with van der Waals surface area (Å²) in [6, 6.07) is -0.622. The molecule has 0 radical (unpaired) electrons. The Hall–Kier alpha value is -3.23. The Labute approximate surface area is 374 Å². The summed E-state index contributed by atoms with van der Waals surface area (Å²) in [7, 11) is 5.52. The van der Waals surface area contributed by atoms with Gasteiger partial charge in [0, 0.05) is 19.3 Å². The van der Waals surface area contributed by atoms with Crippen molar-refractivity contribution < 1.29 is 38.2 Å². The van der Waals surface area contributed by atoms with Gasteiger partial charge in [-0.25, -0.2) is 4.79 Å². The highest BCUT2D eigenvalue weighted by Crippen LogP contribution is 2.15.